The molecule has 2 rings (SSSR count). The van der Waals surface area contributed by atoms with E-state index in [9.17, 15) is 14.3 Å². The van der Waals surface area contributed by atoms with E-state index in [0.29, 0.717) is 10.0 Å². The summed E-state index contributed by atoms with van der Waals surface area (Å²) in [6.45, 7) is 0. The molecule has 2 aromatic carbocycles. The second kappa shape index (κ2) is 6.82. The summed E-state index contributed by atoms with van der Waals surface area (Å²) in [7, 11) is 0. The highest BCUT2D eigenvalue weighted by molar-refractivity contribution is 9.11. The molecule has 108 valence electrons. The van der Waals surface area contributed by atoms with Crippen LogP contribution in [0.15, 0.2) is 50.4 Å². The summed E-state index contributed by atoms with van der Waals surface area (Å²) in [6, 6.07) is 8.58. The highest BCUT2D eigenvalue weighted by Gasteiger charge is 2.07. The van der Waals surface area contributed by atoms with Gasteiger partial charge in [0, 0.05) is 15.6 Å². The van der Waals surface area contributed by atoms with Crippen LogP contribution < -0.4 is 5.43 Å². The first-order valence-corrected chi connectivity index (χ1v) is 7.33. The number of hydrogen-bond donors (Lipinski definition) is 2. The zero-order valence-corrected chi connectivity index (χ0v) is 13.7. The van der Waals surface area contributed by atoms with E-state index in [2.05, 4.69) is 42.4 Å². The Bertz CT molecular complexity index is 720. The number of nitrogens with one attached hydrogen (secondary N) is 1. The molecule has 0 radical (unpaired) electrons. The number of rotatable bonds is 3. The van der Waals surface area contributed by atoms with Gasteiger partial charge in [0.2, 0.25) is 0 Å². The molecule has 0 aromatic heterocycles. The van der Waals surface area contributed by atoms with E-state index >= 15 is 0 Å². The van der Waals surface area contributed by atoms with E-state index in [-0.39, 0.29) is 11.3 Å². The second-order valence-corrected chi connectivity index (χ2v) is 5.80. The highest BCUT2D eigenvalue weighted by atomic mass is 79.9. The Morgan fingerprint density at radius 3 is 2.76 bits per heavy atom. The normalized spacial score (nSPS) is 10.8. The molecule has 7 heteroatoms. The quantitative estimate of drug-likeness (QED) is 0.591. The molecular weight excluding hydrogens is 407 g/mol. The van der Waals surface area contributed by atoms with Crippen molar-refractivity contribution in [1.82, 2.24) is 5.43 Å². The summed E-state index contributed by atoms with van der Waals surface area (Å²) in [5.74, 6) is -1.04. The number of hydrogen-bond acceptors (Lipinski definition) is 3. The molecule has 0 unspecified atom stereocenters. The number of halogens is 3. The van der Waals surface area contributed by atoms with Gasteiger partial charge < -0.3 is 5.11 Å². The Morgan fingerprint density at radius 1 is 1.29 bits per heavy atom. The Hall–Kier alpha value is -1.73. The van der Waals surface area contributed by atoms with Crippen molar-refractivity contribution in [1.29, 1.82) is 0 Å². The van der Waals surface area contributed by atoms with Gasteiger partial charge in [-0.25, -0.2) is 9.82 Å². The zero-order chi connectivity index (χ0) is 15.4. The maximum Gasteiger partial charge on any atom is 0.271 e. The van der Waals surface area contributed by atoms with Crippen molar-refractivity contribution in [3.63, 3.8) is 0 Å². The third-order valence-corrected chi connectivity index (χ3v) is 3.58. The number of carbonyl (C=O) groups is 1. The summed E-state index contributed by atoms with van der Waals surface area (Å²) in [4.78, 5) is 11.7. The predicted molar refractivity (Wildman–Crippen MR) is 85.0 cm³/mol. The van der Waals surface area contributed by atoms with Crippen molar-refractivity contribution < 1.29 is 14.3 Å². The van der Waals surface area contributed by atoms with Gasteiger partial charge in [0.25, 0.3) is 5.91 Å². The summed E-state index contributed by atoms with van der Waals surface area (Å²) < 4.78 is 14.2. The Balaban J connectivity index is 2.11. The van der Waals surface area contributed by atoms with E-state index in [4.69, 9.17) is 0 Å². The lowest BCUT2D eigenvalue weighted by Crippen LogP contribution is -2.17. The van der Waals surface area contributed by atoms with Gasteiger partial charge in [-0.1, -0.05) is 22.0 Å². The fourth-order valence-electron chi connectivity index (χ4n) is 1.54. The smallest absolute Gasteiger partial charge is 0.271 e. The zero-order valence-electron chi connectivity index (χ0n) is 10.5. The molecule has 0 aliphatic rings. The first kappa shape index (κ1) is 15.7. The molecule has 2 N–H and O–H groups in total. The van der Waals surface area contributed by atoms with Gasteiger partial charge in [-0.15, -0.1) is 0 Å². The number of phenols is 1. The maximum atomic E-state index is 13.0. The van der Waals surface area contributed by atoms with Gasteiger partial charge in [-0.3, -0.25) is 4.79 Å². The molecule has 0 aliphatic carbocycles. The van der Waals surface area contributed by atoms with Crippen molar-refractivity contribution in [2.75, 3.05) is 0 Å². The fraction of sp³-hybridized carbons (Fsp3) is 0. The minimum atomic E-state index is -0.542. The number of phenolic OH excluding ortho intramolecular Hbond substituents is 1. The van der Waals surface area contributed by atoms with Gasteiger partial charge in [0.05, 0.1) is 10.7 Å². The van der Waals surface area contributed by atoms with Gasteiger partial charge in [0.1, 0.15) is 11.6 Å². The van der Waals surface area contributed by atoms with Crippen molar-refractivity contribution in [2.45, 2.75) is 0 Å². The molecule has 0 atom stereocenters. The molecule has 0 bridgehead atoms. The van der Waals surface area contributed by atoms with Crippen LogP contribution in [-0.2, 0) is 0 Å². The lowest BCUT2D eigenvalue weighted by Gasteiger charge is -2.03. The monoisotopic (exact) mass is 414 g/mol. The van der Waals surface area contributed by atoms with Gasteiger partial charge in [-0.2, -0.15) is 5.10 Å². The summed E-state index contributed by atoms with van der Waals surface area (Å²) in [5.41, 5.74) is 2.83. The van der Waals surface area contributed by atoms with Crippen LogP contribution in [0.2, 0.25) is 0 Å². The maximum absolute atomic E-state index is 13.0. The molecule has 4 nitrogen and oxygen atoms in total. The van der Waals surface area contributed by atoms with Crippen LogP contribution in [0.3, 0.4) is 0 Å². The van der Waals surface area contributed by atoms with E-state index in [1.54, 1.807) is 12.1 Å². The molecule has 0 saturated heterocycles. The number of benzene rings is 2. The van der Waals surface area contributed by atoms with E-state index in [1.165, 1.54) is 24.4 Å². The number of amides is 1. The number of carbonyl (C=O) groups excluding carboxylic acids is 1. The average Bonchev–Trinajstić information content (AvgIpc) is 2.43. The second-order valence-electron chi connectivity index (χ2n) is 4.03. The molecule has 0 saturated carbocycles. The third kappa shape index (κ3) is 4.12. The first-order valence-electron chi connectivity index (χ1n) is 5.74. The van der Waals surface area contributed by atoms with Crippen LogP contribution in [0.5, 0.6) is 5.75 Å². The van der Waals surface area contributed by atoms with Crippen molar-refractivity contribution in [3.8, 4) is 5.75 Å². The minimum Gasteiger partial charge on any atom is -0.506 e. The Kier molecular flexibility index (Phi) is 5.08. The molecule has 0 aliphatic heterocycles. The van der Waals surface area contributed by atoms with Crippen LogP contribution >= 0.6 is 31.9 Å². The van der Waals surface area contributed by atoms with Crippen molar-refractivity contribution >= 4 is 44.0 Å². The SMILES string of the molecule is O=C(N/N=C/c1cc(Br)cc(Br)c1O)c1cccc(F)c1. The van der Waals surface area contributed by atoms with E-state index < -0.39 is 11.7 Å². The Labute approximate surface area is 136 Å². The van der Waals surface area contributed by atoms with Crippen LogP contribution in [0.1, 0.15) is 15.9 Å². The fourth-order valence-corrected chi connectivity index (χ4v) is 2.80. The van der Waals surface area contributed by atoms with Gasteiger partial charge in [0.15, 0.2) is 0 Å². The average molecular weight is 416 g/mol. The Morgan fingerprint density at radius 2 is 2.05 bits per heavy atom. The lowest BCUT2D eigenvalue weighted by atomic mass is 10.2. The van der Waals surface area contributed by atoms with Crippen LogP contribution in [0, 0.1) is 5.82 Å². The van der Waals surface area contributed by atoms with Crippen LogP contribution in [0.25, 0.3) is 0 Å². The standard InChI is InChI=1S/C14H9Br2FN2O2/c15-10-4-9(13(20)12(16)6-10)7-18-19-14(21)8-2-1-3-11(17)5-8/h1-7,20H,(H,19,21)/b18-7+. The number of hydrazone groups is 1. The molecule has 21 heavy (non-hydrogen) atoms. The molecule has 0 spiro atoms. The van der Waals surface area contributed by atoms with Crippen molar-refractivity contribution in [2.24, 2.45) is 5.10 Å². The summed E-state index contributed by atoms with van der Waals surface area (Å²) in [6.07, 6.45) is 1.29. The molecule has 0 heterocycles. The number of aromatic hydroxyl groups is 1. The van der Waals surface area contributed by atoms with E-state index in [0.717, 1.165) is 10.5 Å². The van der Waals surface area contributed by atoms with Crippen LogP contribution in [0.4, 0.5) is 4.39 Å². The summed E-state index contributed by atoms with van der Waals surface area (Å²) >= 11 is 6.47. The molecular formula is C14H9Br2FN2O2. The topological polar surface area (TPSA) is 61.7 Å². The van der Waals surface area contributed by atoms with Crippen molar-refractivity contribution in [3.05, 3.63) is 62.3 Å². The molecule has 1 amide bonds. The summed E-state index contributed by atoms with van der Waals surface area (Å²) in [5, 5.41) is 13.6. The molecule has 2 aromatic rings. The minimum absolute atomic E-state index is 0.00181. The first-order chi connectivity index (χ1) is 9.97. The number of nitrogens with zero attached hydrogens (tertiary/aromatic N) is 1. The van der Waals surface area contributed by atoms with Gasteiger partial charge >= 0.3 is 0 Å². The largest absolute Gasteiger partial charge is 0.506 e. The predicted octanol–water partition coefficient (Wildman–Crippen LogP) is 3.82. The highest BCUT2D eigenvalue weighted by Crippen LogP contribution is 2.30. The van der Waals surface area contributed by atoms with E-state index in [1.807, 2.05) is 0 Å². The lowest BCUT2D eigenvalue weighted by molar-refractivity contribution is 0.0954. The van der Waals surface area contributed by atoms with Gasteiger partial charge in [-0.05, 0) is 46.3 Å². The van der Waals surface area contributed by atoms with Crippen LogP contribution in [-0.4, -0.2) is 17.2 Å². The third-order valence-electron chi connectivity index (χ3n) is 2.51. The molecule has 0 fully saturated rings.